The predicted molar refractivity (Wildman–Crippen MR) is 84.5 cm³/mol. The molecule has 23 heavy (non-hydrogen) atoms. The number of nitrogens with zero attached hydrogens (tertiary/aromatic N) is 2. The standard InChI is InChI=1S/C15H20FN3O3S/c1-10-14(6-5-13(22-4)15(10)16)23(20,21)18-8-7-12-9-17-19(3)11(12)2/h5-6,9,18H,7-8H2,1-4H3. The first-order chi connectivity index (χ1) is 10.8. The number of aryl methyl sites for hydroxylation is 1. The molecule has 0 aliphatic carbocycles. The Hall–Kier alpha value is -1.93. The lowest BCUT2D eigenvalue weighted by atomic mass is 10.2. The number of methoxy groups -OCH3 is 1. The third-order valence-electron chi connectivity index (χ3n) is 3.83. The third kappa shape index (κ3) is 3.53. The van der Waals surface area contributed by atoms with Gasteiger partial charge in [0, 0.05) is 24.8 Å². The van der Waals surface area contributed by atoms with Crippen LogP contribution >= 0.6 is 0 Å². The summed E-state index contributed by atoms with van der Waals surface area (Å²) in [5.74, 6) is -0.647. The van der Waals surface area contributed by atoms with Crippen molar-refractivity contribution in [2.45, 2.75) is 25.2 Å². The van der Waals surface area contributed by atoms with E-state index in [1.165, 1.54) is 26.2 Å². The second kappa shape index (κ2) is 6.67. The van der Waals surface area contributed by atoms with E-state index in [4.69, 9.17) is 4.74 Å². The van der Waals surface area contributed by atoms with Crippen LogP contribution in [0.1, 0.15) is 16.8 Å². The fraction of sp³-hybridized carbons (Fsp3) is 0.400. The summed E-state index contributed by atoms with van der Waals surface area (Å²) in [7, 11) is -0.628. The molecule has 2 rings (SSSR count). The molecule has 0 unspecified atom stereocenters. The molecule has 1 aromatic heterocycles. The number of nitrogens with one attached hydrogen (secondary N) is 1. The highest BCUT2D eigenvalue weighted by Crippen LogP contribution is 2.25. The molecule has 0 radical (unpaired) electrons. The van der Waals surface area contributed by atoms with Crippen LogP contribution in [0, 0.1) is 19.7 Å². The van der Waals surface area contributed by atoms with Crippen molar-refractivity contribution in [2.24, 2.45) is 7.05 Å². The average molecular weight is 341 g/mol. The van der Waals surface area contributed by atoms with Gasteiger partial charge in [-0.3, -0.25) is 4.68 Å². The molecule has 0 atom stereocenters. The second-order valence-electron chi connectivity index (χ2n) is 5.23. The molecular weight excluding hydrogens is 321 g/mol. The minimum Gasteiger partial charge on any atom is -0.494 e. The van der Waals surface area contributed by atoms with Crippen molar-refractivity contribution < 1.29 is 17.5 Å². The van der Waals surface area contributed by atoms with Crippen molar-refractivity contribution >= 4 is 10.0 Å². The summed E-state index contributed by atoms with van der Waals surface area (Å²) in [6.45, 7) is 3.54. The van der Waals surface area contributed by atoms with E-state index in [9.17, 15) is 12.8 Å². The van der Waals surface area contributed by atoms with Gasteiger partial charge in [0.05, 0.1) is 18.2 Å². The highest BCUT2D eigenvalue weighted by atomic mass is 32.2. The van der Waals surface area contributed by atoms with Gasteiger partial charge in [0.25, 0.3) is 0 Å². The van der Waals surface area contributed by atoms with Crippen molar-refractivity contribution in [1.29, 1.82) is 0 Å². The summed E-state index contributed by atoms with van der Waals surface area (Å²) in [5.41, 5.74) is 1.98. The zero-order valence-corrected chi connectivity index (χ0v) is 14.4. The zero-order chi connectivity index (χ0) is 17.2. The fourth-order valence-electron chi connectivity index (χ4n) is 2.28. The van der Waals surface area contributed by atoms with Gasteiger partial charge in [0.1, 0.15) is 0 Å². The summed E-state index contributed by atoms with van der Waals surface area (Å²) in [6, 6.07) is 2.65. The normalized spacial score (nSPS) is 11.7. The molecule has 1 heterocycles. The van der Waals surface area contributed by atoms with E-state index in [1.54, 1.807) is 10.9 Å². The molecule has 0 fully saturated rings. The summed E-state index contributed by atoms with van der Waals surface area (Å²) in [5, 5.41) is 4.11. The van der Waals surface area contributed by atoms with Crippen LogP contribution in [-0.4, -0.2) is 31.9 Å². The van der Waals surface area contributed by atoms with E-state index < -0.39 is 15.8 Å². The molecule has 0 bridgehead atoms. The van der Waals surface area contributed by atoms with Crippen LogP contribution in [0.15, 0.2) is 23.2 Å². The molecular formula is C15H20FN3O3S. The van der Waals surface area contributed by atoms with E-state index in [0.29, 0.717) is 6.42 Å². The first kappa shape index (κ1) is 17.4. The Morgan fingerprint density at radius 2 is 2.04 bits per heavy atom. The molecule has 8 heteroatoms. The quantitative estimate of drug-likeness (QED) is 0.868. The van der Waals surface area contributed by atoms with Crippen LogP contribution in [-0.2, 0) is 23.5 Å². The van der Waals surface area contributed by atoms with Crippen LogP contribution in [0.3, 0.4) is 0 Å². The first-order valence-electron chi connectivity index (χ1n) is 7.08. The fourth-order valence-corrected chi connectivity index (χ4v) is 3.54. The Labute approximate surface area is 135 Å². The van der Waals surface area contributed by atoms with Gasteiger partial charge >= 0.3 is 0 Å². The number of benzene rings is 1. The van der Waals surface area contributed by atoms with Gasteiger partial charge in [0.2, 0.25) is 10.0 Å². The van der Waals surface area contributed by atoms with Crippen molar-refractivity contribution in [3.8, 4) is 5.75 Å². The molecule has 0 amide bonds. The summed E-state index contributed by atoms with van der Waals surface area (Å²) in [4.78, 5) is -0.0845. The second-order valence-corrected chi connectivity index (χ2v) is 6.97. The summed E-state index contributed by atoms with van der Waals surface area (Å²) in [6.07, 6.45) is 2.22. The van der Waals surface area contributed by atoms with Crippen LogP contribution in [0.5, 0.6) is 5.75 Å². The van der Waals surface area contributed by atoms with Gasteiger partial charge in [-0.1, -0.05) is 0 Å². The van der Waals surface area contributed by atoms with Crippen LogP contribution in [0.2, 0.25) is 0 Å². The van der Waals surface area contributed by atoms with E-state index in [1.807, 2.05) is 14.0 Å². The molecule has 0 spiro atoms. The number of hydrogen-bond acceptors (Lipinski definition) is 4. The maximum Gasteiger partial charge on any atom is 0.240 e. The highest BCUT2D eigenvalue weighted by Gasteiger charge is 2.21. The number of hydrogen-bond donors (Lipinski definition) is 1. The highest BCUT2D eigenvalue weighted by molar-refractivity contribution is 7.89. The van der Waals surface area contributed by atoms with Crippen molar-refractivity contribution in [3.05, 3.63) is 41.0 Å². The number of ether oxygens (including phenoxy) is 1. The van der Waals surface area contributed by atoms with Gasteiger partial charge in [-0.2, -0.15) is 5.10 Å². The molecule has 0 saturated heterocycles. The minimum absolute atomic E-state index is 0.0208. The third-order valence-corrected chi connectivity index (χ3v) is 5.44. The van der Waals surface area contributed by atoms with Crippen LogP contribution in [0.4, 0.5) is 4.39 Å². The van der Waals surface area contributed by atoms with Crippen molar-refractivity contribution in [1.82, 2.24) is 14.5 Å². The van der Waals surface area contributed by atoms with Gasteiger partial charge in [-0.05, 0) is 38.0 Å². The van der Waals surface area contributed by atoms with E-state index in [0.717, 1.165) is 11.3 Å². The Morgan fingerprint density at radius 1 is 1.35 bits per heavy atom. The van der Waals surface area contributed by atoms with E-state index >= 15 is 0 Å². The number of halogens is 1. The largest absolute Gasteiger partial charge is 0.494 e. The van der Waals surface area contributed by atoms with Crippen LogP contribution in [0.25, 0.3) is 0 Å². The van der Waals surface area contributed by atoms with Crippen molar-refractivity contribution in [2.75, 3.05) is 13.7 Å². The molecule has 0 saturated carbocycles. The predicted octanol–water partition coefficient (Wildman–Crippen LogP) is 1.71. The molecule has 0 aliphatic heterocycles. The Bertz CT molecular complexity index is 816. The SMILES string of the molecule is COc1ccc(S(=O)(=O)NCCc2cnn(C)c2C)c(C)c1F. The monoisotopic (exact) mass is 341 g/mol. The van der Waals surface area contributed by atoms with Gasteiger partial charge in [0.15, 0.2) is 11.6 Å². The molecule has 126 valence electrons. The summed E-state index contributed by atoms with van der Waals surface area (Å²) >= 11 is 0. The first-order valence-corrected chi connectivity index (χ1v) is 8.56. The van der Waals surface area contributed by atoms with Gasteiger partial charge in [-0.15, -0.1) is 0 Å². The number of rotatable bonds is 6. The minimum atomic E-state index is -3.79. The lowest BCUT2D eigenvalue weighted by molar-refractivity contribution is 0.384. The number of aromatic nitrogens is 2. The van der Waals surface area contributed by atoms with E-state index in [-0.39, 0.29) is 22.8 Å². The lowest BCUT2D eigenvalue weighted by Crippen LogP contribution is -2.27. The van der Waals surface area contributed by atoms with Crippen molar-refractivity contribution in [3.63, 3.8) is 0 Å². The van der Waals surface area contributed by atoms with Gasteiger partial charge < -0.3 is 4.74 Å². The molecule has 1 N–H and O–H groups in total. The van der Waals surface area contributed by atoms with E-state index in [2.05, 4.69) is 9.82 Å². The molecule has 2 aromatic rings. The molecule has 0 aliphatic rings. The Morgan fingerprint density at radius 3 is 2.61 bits per heavy atom. The Balaban J connectivity index is 2.13. The maximum atomic E-state index is 14.0. The Kier molecular flexibility index (Phi) is 5.06. The average Bonchev–Trinajstić information content (AvgIpc) is 2.81. The molecule has 6 nitrogen and oxygen atoms in total. The zero-order valence-electron chi connectivity index (χ0n) is 13.6. The smallest absolute Gasteiger partial charge is 0.240 e. The van der Waals surface area contributed by atoms with Gasteiger partial charge in [-0.25, -0.2) is 17.5 Å². The summed E-state index contributed by atoms with van der Waals surface area (Å²) < 4.78 is 47.8. The topological polar surface area (TPSA) is 73.2 Å². The van der Waals surface area contributed by atoms with Crippen LogP contribution < -0.4 is 9.46 Å². The molecule has 1 aromatic carbocycles. The number of sulfonamides is 1. The maximum absolute atomic E-state index is 14.0. The lowest BCUT2D eigenvalue weighted by Gasteiger charge is -2.11.